The maximum atomic E-state index is 11.0. The molecule has 0 saturated heterocycles. The van der Waals surface area contributed by atoms with Crippen LogP contribution in [0.25, 0.3) is 10.8 Å². The van der Waals surface area contributed by atoms with Gasteiger partial charge in [0.25, 0.3) is 10.1 Å². The van der Waals surface area contributed by atoms with Crippen molar-refractivity contribution >= 4 is 32.5 Å². The fraction of sp³-hybridized carbons (Fsp3) is 0.0833. The minimum atomic E-state index is -4.25. The number of fused-ring (bicyclic) bond motifs is 1. The Morgan fingerprint density at radius 1 is 1.21 bits per heavy atom. The largest absolute Gasteiger partial charge is 0.480 e. The molecule has 6 nitrogen and oxygen atoms in total. The van der Waals surface area contributed by atoms with Crippen LogP contribution in [0.1, 0.15) is 0 Å². The van der Waals surface area contributed by atoms with E-state index in [-0.39, 0.29) is 11.4 Å². The zero-order valence-electron chi connectivity index (χ0n) is 9.70. The number of hydrogen-bond donors (Lipinski definition) is 3. The molecule has 3 N–H and O–H groups in total. The lowest BCUT2D eigenvalue weighted by Gasteiger charge is -2.08. The zero-order valence-corrected chi connectivity index (χ0v) is 10.5. The molecule has 0 bridgehead atoms. The molecule has 0 spiro atoms. The highest BCUT2D eigenvalue weighted by atomic mass is 32.2. The first-order chi connectivity index (χ1) is 8.88. The van der Waals surface area contributed by atoms with E-state index >= 15 is 0 Å². The molecule has 0 saturated carbocycles. The Bertz CT molecular complexity index is 739. The standard InChI is InChI=1S/C12H11NO5S/c14-12(15)7-13-11-3-1-2-8-6-9(19(16,17)18)4-5-10(8)11/h1-6,13H,7H2,(H,14,15)(H,16,17,18). The quantitative estimate of drug-likeness (QED) is 0.735. The third kappa shape index (κ3) is 3.01. The minimum absolute atomic E-state index is 0.199. The van der Waals surface area contributed by atoms with Gasteiger partial charge in [0.1, 0.15) is 6.54 Å². The van der Waals surface area contributed by atoms with Gasteiger partial charge in [-0.25, -0.2) is 0 Å². The molecule has 100 valence electrons. The average Bonchev–Trinajstić information content (AvgIpc) is 2.34. The Morgan fingerprint density at radius 3 is 2.58 bits per heavy atom. The first-order valence-electron chi connectivity index (χ1n) is 5.34. The van der Waals surface area contributed by atoms with E-state index in [0.29, 0.717) is 16.5 Å². The summed E-state index contributed by atoms with van der Waals surface area (Å²) in [5.74, 6) is -0.994. The van der Waals surface area contributed by atoms with Crippen LogP contribution in [0.2, 0.25) is 0 Å². The zero-order chi connectivity index (χ0) is 14.0. The summed E-state index contributed by atoms with van der Waals surface area (Å²) in [7, 11) is -4.25. The van der Waals surface area contributed by atoms with Gasteiger partial charge in [0.2, 0.25) is 0 Å². The summed E-state index contributed by atoms with van der Waals surface area (Å²) in [5, 5.41) is 12.6. The summed E-state index contributed by atoms with van der Waals surface area (Å²) in [6, 6.07) is 9.15. The van der Waals surface area contributed by atoms with Crippen LogP contribution < -0.4 is 5.32 Å². The highest BCUT2D eigenvalue weighted by Gasteiger charge is 2.11. The molecule has 0 amide bonds. The number of carboxylic acid groups (broad SMARTS) is 1. The molecule has 2 aromatic rings. The lowest BCUT2D eigenvalue weighted by atomic mass is 10.1. The van der Waals surface area contributed by atoms with Gasteiger partial charge in [-0.05, 0) is 23.6 Å². The number of hydrogen-bond acceptors (Lipinski definition) is 4. The van der Waals surface area contributed by atoms with E-state index in [0.717, 1.165) is 0 Å². The number of nitrogens with one attached hydrogen (secondary N) is 1. The maximum absolute atomic E-state index is 11.0. The van der Waals surface area contributed by atoms with Crippen molar-refractivity contribution < 1.29 is 22.9 Å². The SMILES string of the molecule is O=C(O)CNc1cccc2cc(S(=O)(=O)O)ccc12. The Kier molecular flexibility index (Phi) is 3.41. The lowest BCUT2D eigenvalue weighted by molar-refractivity contribution is -0.134. The van der Waals surface area contributed by atoms with Crippen LogP contribution in [-0.4, -0.2) is 30.6 Å². The van der Waals surface area contributed by atoms with Crippen LogP contribution in [0.5, 0.6) is 0 Å². The van der Waals surface area contributed by atoms with Gasteiger partial charge < -0.3 is 10.4 Å². The number of rotatable bonds is 4. The van der Waals surface area contributed by atoms with E-state index in [1.807, 2.05) is 0 Å². The maximum Gasteiger partial charge on any atom is 0.322 e. The molecule has 19 heavy (non-hydrogen) atoms. The minimum Gasteiger partial charge on any atom is -0.480 e. The van der Waals surface area contributed by atoms with Crippen molar-refractivity contribution in [2.24, 2.45) is 0 Å². The Hall–Kier alpha value is -2.12. The van der Waals surface area contributed by atoms with Crippen LogP contribution in [-0.2, 0) is 14.9 Å². The van der Waals surface area contributed by atoms with Crippen molar-refractivity contribution in [2.75, 3.05) is 11.9 Å². The summed E-state index contributed by atoms with van der Waals surface area (Å²) in [6.45, 7) is -0.237. The van der Waals surface area contributed by atoms with E-state index in [2.05, 4.69) is 5.32 Å². The summed E-state index contributed by atoms with van der Waals surface area (Å²) < 4.78 is 31.1. The molecule has 0 aliphatic rings. The number of benzene rings is 2. The van der Waals surface area contributed by atoms with Crippen molar-refractivity contribution in [2.45, 2.75) is 4.90 Å². The Morgan fingerprint density at radius 2 is 1.95 bits per heavy atom. The fourth-order valence-corrected chi connectivity index (χ4v) is 2.26. The Balaban J connectivity index is 2.49. The molecule has 0 atom stereocenters. The van der Waals surface area contributed by atoms with Gasteiger partial charge in [-0.15, -0.1) is 0 Å². The third-order valence-corrected chi connectivity index (χ3v) is 3.43. The van der Waals surface area contributed by atoms with Gasteiger partial charge in [-0.1, -0.05) is 18.2 Å². The first-order valence-corrected chi connectivity index (χ1v) is 6.78. The van der Waals surface area contributed by atoms with Crippen molar-refractivity contribution in [3.8, 4) is 0 Å². The van der Waals surface area contributed by atoms with Crippen LogP contribution in [0, 0.1) is 0 Å². The van der Waals surface area contributed by atoms with Crippen molar-refractivity contribution in [1.29, 1.82) is 0 Å². The highest BCUT2D eigenvalue weighted by molar-refractivity contribution is 7.85. The normalized spacial score (nSPS) is 11.4. The van der Waals surface area contributed by atoms with E-state index in [9.17, 15) is 13.2 Å². The molecule has 2 rings (SSSR count). The smallest absolute Gasteiger partial charge is 0.322 e. The molecular weight excluding hydrogens is 270 g/mol. The van der Waals surface area contributed by atoms with Crippen LogP contribution in [0.15, 0.2) is 41.3 Å². The summed E-state index contributed by atoms with van der Waals surface area (Å²) >= 11 is 0. The average molecular weight is 281 g/mol. The predicted molar refractivity (Wildman–Crippen MR) is 69.9 cm³/mol. The molecule has 0 radical (unpaired) electrons. The predicted octanol–water partition coefficient (Wildman–Crippen LogP) is 1.58. The number of carbonyl (C=O) groups is 1. The van der Waals surface area contributed by atoms with Crippen LogP contribution >= 0.6 is 0 Å². The van der Waals surface area contributed by atoms with E-state index < -0.39 is 16.1 Å². The topological polar surface area (TPSA) is 104 Å². The summed E-state index contributed by atoms with van der Waals surface area (Å²) in [5.41, 5.74) is 0.585. The number of anilines is 1. The molecule has 7 heteroatoms. The van der Waals surface area contributed by atoms with Gasteiger partial charge in [0.05, 0.1) is 4.90 Å². The highest BCUT2D eigenvalue weighted by Crippen LogP contribution is 2.25. The fourth-order valence-electron chi connectivity index (χ4n) is 1.75. The number of carboxylic acids is 1. The Labute approximate surface area is 109 Å². The molecule has 0 aromatic heterocycles. The number of aliphatic carboxylic acids is 1. The van der Waals surface area contributed by atoms with E-state index in [4.69, 9.17) is 9.66 Å². The van der Waals surface area contributed by atoms with Gasteiger partial charge >= 0.3 is 5.97 Å². The van der Waals surface area contributed by atoms with Gasteiger partial charge in [0, 0.05) is 11.1 Å². The molecule has 0 unspecified atom stereocenters. The second kappa shape index (κ2) is 4.87. The molecule has 0 fully saturated rings. The van der Waals surface area contributed by atoms with E-state index in [1.165, 1.54) is 18.2 Å². The third-order valence-electron chi connectivity index (χ3n) is 2.58. The van der Waals surface area contributed by atoms with Gasteiger partial charge in [-0.2, -0.15) is 8.42 Å². The molecule has 0 heterocycles. The van der Waals surface area contributed by atoms with Gasteiger partial charge in [0.15, 0.2) is 0 Å². The van der Waals surface area contributed by atoms with Crippen molar-refractivity contribution in [3.05, 3.63) is 36.4 Å². The van der Waals surface area contributed by atoms with Gasteiger partial charge in [-0.3, -0.25) is 9.35 Å². The molecule has 0 aliphatic carbocycles. The van der Waals surface area contributed by atoms with Crippen molar-refractivity contribution in [3.63, 3.8) is 0 Å². The lowest BCUT2D eigenvalue weighted by Crippen LogP contribution is -2.12. The van der Waals surface area contributed by atoms with Crippen LogP contribution in [0.4, 0.5) is 5.69 Å². The second-order valence-corrected chi connectivity index (χ2v) is 5.33. The molecule has 0 aliphatic heterocycles. The van der Waals surface area contributed by atoms with Crippen molar-refractivity contribution in [1.82, 2.24) is 0 Å². The second-order valence-electron chi connectivity index (χ2n) is 3.91. The monoisotopic (exact) mass is 281 g/mol. The summed E-state index contributed by atoms with van der Waals surface area (Å²) in [6.07, 6.45) is 0. The first kappa shape index (κ1) is 13.3. The summed E-state index contributed by atoms with van der Waals surface area (Å²) in [4.78, 5) is 10.3. The van der Waals surface area contributed by atoms with E-state index in [1.54, 1.807) is 18.2 Å². The van der Waals surface area contributed by atoms with Crippen LogP contribution in [0.3, 0.4) is 0 Å². The molecule has 2 aromatic carbocycles. The molecular formula is C12H11NO5S.